The second-order valence-electron chi connectivity index (χ2n) is 10.9. The third-order valence-corrected chi connectivity index (χ3v) is 8.92. The smallest absolute Gasteiger partial charge is 0.271 e. The third kappa shape index (κ3) is 8.54. The molecule has 6 rings (SSSR count). The molecule has 49 heavy (non-hydrogen) atoms. The van der Waals surface area contributed by atoms with Gasteiger partial charge in [-0.2, -0.15) is 0 Å². The van der Waals surface area contributed by atoms with E-state index in [-0.39, 0.29) is 12.5 Å². The second kappa shape index (κ2) is 16.4. The number of ether oxygens (including phenoxy) is 4. The Morgan fingerprint density at radius 2 is 1.35 bits per heavy atom. The molecular formula is C40H35BrN2O5S. The van der Waals surface area contributed by atoms with Gasteiger partial charge in [-0.1, -0.05) is 72.8 Å². The van der Waals surface area contributed by atoms with Crippen LogP contribution in [0, 0.1) is 0 Å². The van der Waals surface area contributed by atoms with Crippen molar-refractivity contribution < 1.29 is 23.7 Å². The molecule has 0 aromatic heterocycles. The molecule has 0 spiro atoms. The van der Waals surface area contributed by atoms with Crippen molar-refractivity contribution in [2.24, 2.45) is 4.99 Å². The van der Waals surface area contributed by atoms with Crippen LogP contribution in [-0.2, 0) is 18.0 Å². The first-order valence-electron chi connectivity index (χ1n) is 16.0. The maximum absolute atomic E-state index is 13.8. The standard InChI is InChI=1S/C40H35BrN2O5S/c1-3-45-35-23-29(20-21-34(35)47-26-28-14-8-5-9-15-28)27-48-38-33(41)22-30(24-36(38)46-4-2)25-37-39(44)43(32-18-12-7-13-19-32)40(49-37)42-31-16-10-6-11-17-31/h5-25H,3-4,26-27H2,1-2H3/b37-25+,42-40?. The molecular weight excluding hydrogens is 700 g/mol. The largest absolute Gasteiger partial charge is 0.490 e. The van der Waals surface area contributed by atoms with Crippen molar-refractivity contribution >= 4 is 56.2 Å². The van der Waals surface area contributed by atoms with Crippen LogP contribution >= 0.6 is 27.7 Å². The highest BCUT2D eigenvalue weighted by Gasteiger charge is 2.35. The highest BCUT2D eigenvalue weighted by molar-refractivity contribution is 9.10. The quantitative estimate of drug-likeness (QED) is 0.112. The van der Waals surface area contributed by atoms with Crippen molar-refractivity contribution in [2.75, 3.05) is 18.1 Å². The summed E-state index contributed by atoms with van der Waals surface area (Å²) in [6, 6.07) is 38.8. The summed E-state index contributed by atoms with van der Waals surface area (Å²) in [6.07, 6.45) is 1.86. The Kier molecular flexibility index (Phi) is 11.4. The molecule has 1 aliphatic rings. The molecule has 0 bridgehead atoms. The van der Waals surface area contributed by atoms with Crippen LogP contribution < -0.4 is 23.8 Å². The Hall–Kier alpha value is -4.99. The Balaban J connectivity index is 1.23. The number of anilines is 1. The van der Waals surface area contributed by atoms with E-state index in [9.17, 15) is 4.79 Å². The van der Waals surface area contributed by atoms with Gasteiger partial charge in [0.1, 0.15) is 13.2 Å². The summed E-state index contributed by atoms with van der Waals surface area (Å²) in [5.41, 5.74) is 4.29. The number of hydrogen-bond donors (Lipinski definition) is 0. The Bertz CT molecular complexity index is 1950. The van der Waals surface area contributed by atoms with Crippen molar-refractivity contribution in [3.05, 3.63) is 147 Å². The fourth-order valence-corrected chi connectivity index (χ4v) is 6.69. The molecule has 7 nitrogen and oxygen atoms in total. The summed E-state index contributed by atoms with van der Waals surface area (Å²) in [6.45, 7) is 5.53. The van der Waals surface area contributed by atoms with Crippen molar-refractivity contribution in [1.82, 2.24) is 0 Å². The molecule has 0 N–H and O–H groups in total. The van der Waals surface area contributed by atoms with E-state index in [4.69, 9.17) is 23.9 Å². The fraction of sp³-hybridized carbons (Fsp3) is 0.150. The van der Waals surface area contributed by atoms with Crippen LogP contribution in [0.1, 0.15) is 30.5 Å². The number of nitrogens with zero attached hydrogens (tertiary/aromatic N) is 2. The molecule has 0 atom stereocenters. The minimum atomic E-state index is -0.151. The molecule has 5 aromatic rings. The van der Waals surface area contributed by atoms with Gasteiger partial charge in [-0.05, 0) is 113 Å². The monoisotopic (exact) mass is 734 g/mol. The van der Waals surface area contributed by atoms with Crippen LogP contribution in [-0.4, -0.2) is 24.3 Å². The summed E-state index contributed by atoms with van der Waals surface area (Å²) in [5.74, 6) is 2.30. The number of thioether (sulfide) groups is 1. The third-order valence-electron chi connectivity index (χ3n) is 7.36. The zero-order chi connectivity index (χ0) is 34.0. The number of aliphatic imine (C=N–C) groups is 1. The van der Waals surface area contributed by atoms with Crippen molar-refractivity contribution in [3.63, 3.8) is 0 Å². The molecule has 9 heteroatoms. The molecule has 0 aliphatic carbocycles. The van der Waals surface area contributed by atoms with Crippen LogP contribution in [0.2, 0.25) is 0 Å². The van der Waals surface area contributed by atoms with Gasteiger partial charge < -0.3 is 18.9 Å². The minimum Gasteiger partial charge on any atom is -0.490 e. The Morgan fingerprint density at radius 3 is 2.06 bits per heavy atom. The van der Waals surface area contributed by atoms with Crippen LogP contribution in [0.25, 0.3) is 6.08 Å². The maximum atomic E-state index is 13.8. The lowest BCUT2D eigenvalue weighted by Gasteiger charge is -2.17. The zero-order valence-electron chi connectivity index (χ0n) is 27.2. The molecule has 1 aliphatic heterocycles. The molecule has 1 fully saturated rings. The summed E-state index contributed by atoms with van der Waals surface area (Å²) < 4.78 is 25.0. The molecule has 0 saturated carbocycles. The predicted octanol–water partition coefficient (Wildman–Crippen LogP) is 10.2. The summed E-state index contributed by atoms with van der Waals surface area (Å²) in [7, 11) is 0. The lowest BCUT2D eigenvalue weighted by atomic mass is 10.1. The topological polar surface area (TPSA) is 69.6 Å². The van der Waals surface area contributed by atoms with Crippen molar-refractivity contribution in [3.8, 4) is 23.0 Å². The lowest BCUT2D eigenvalue weighted by molar-refractivity contribution is -0.113. The van der Waals surface area contributed by atoms with Gasteiger partial charge in [0.05, 0.1) is 34.0 Å². The van der Waals surface area contributed by atoms with Gasteiger partial charge in [0.2, 0.25) is 0 Å². The Morgan fingerprint density at radius 1 is 0.694 bits per heavy atom. The van der Waals surface area contributed by atoms with E-state index >= 15 is 0 Å². The normalized spacial score (nSPS) is 14.3. The summed E-state index contributed by atoms with van der Waals surface area (Å²) in [4.78, 5) is 20.8. The van der Waals surface area contributed by atoms with Crippen molar-refractivity contribution in [1.29, 1.82) is 0 Å². The van der Waals surface area contributed by atoms with Gasteiger partial charge >= 0.3 is 0 Å². The predicted molar refractivity (Wildman–Crippen MR) is 201 cm³/mol. The van der Waals surface area contributed by atoms with E-state index < -0.39 is 0 Å². The average Bonchev–Trinajstić information content (AvgIpc) is 3.42. The number of amidine groups is 1. The number of amides is 1. The van der Waals surface area contributed by atoms with Gasteiger partial charge in [-0.15, -0.1) is 0 Å². The number of carbonyl (C=O) groups is 1. The number of rotatable bonds is 13. The van der Waals surface area contributed by atoms with Gasteiger partial charge in [-0.25, -0.2) is 4.99 Å². The number of hydrogen-bond acceptors (Lipinski definition) is 7. The number of carbonyl (C=O) groups excluding carboxylic acids is 1. The van der Waals surface area contributed by atoms with Crippen LogP contribution in [0.3, 0.4) is 0 Å². The maximum Gasteiger partial charge on any atom is 0.271 e. The van der Waals surface area contributed by atoms with E-state index in [0.29, 0.717) is 57.4 Å². The lowest BCUT2D eigenvalue weighted by Crippen LogP contribution is -2.28. The van der Waals surface area contributed by atoms with Gasteiger partial charge in [-0.3, -0.25) is 9.69 Å². The van der Waals surface area contributed by atoms with Crippen LogP contribution in [0.15, 0.2) is 136 Å². The first-order chi connectivity index (χ1) is 24.0. The van der Waals surface area contributed by atoms with E-state index in [1.807, 2.05) is 141 Å². The zero-order valence-corrected chi connectivity index (χ0v) is 29.6. The van der Waals surface area contributed by atoms with Crippen molar-refractivity contribution in [2.45, 2.75) is 27.1 Å². The van der Waals surface area contributed by atoms with E-state index in [1.165, 1.54) is 11.8 Å². The highest BCUT2D eigenvalue weighted by Crippen LogP contribution is 2.41. The van der Waals surface area contributed by atoms with E-state index in [0.717, 1.165) is 28.1 Å². The summed E-state index contributed by atoms with van der Waals surface area (Å²) >= 11 is 5.03. The molecule has 0 unspecified atom stereocenters. The fourth-order valence-electron chi connectivity index (χ4n) is 5.11. The van der Waals surface area contributed by atoms with E-state index in [1.54, 1.807) is 4.90 Å². The molecule has 248 valence electrons. The SMILES string of the molecule is CCOc1cc(COc2c(Br)cc(/C=C3/SC(=Nc4ccccc4)N(c4ccccc4)C3=O)cc2OCC)ccc1OCc1ccccc1. The molecule has 1 amide bonds. The summed E-state index contributed by atoms with van der Waals surface area (Å²) in [5, 5.41) is 0.584. The van der Waals surface area contributed by atoms with E-state index in [2.05, 4.69) is 15.9 Å². The van der Waals surface area contributed by atoms with Gasteiger partial charge in [0.15, 0.2) is 28.2 Å². The number of para-hydroxylation sites is 2. The van der Waals surface area contributed by atoms with Crippen LogP contribution in [0.4, 0.5) is 11.4 Å². The minimum absolute atomic E-state index is 0.151. The first-order valence-corrected chi connectivity index (χ1v) is 17.6. The van der Waals surface area contributed by atoms with Crippen LogP contribution in [0.5, 0.6) is 23.0 Å². The molecule has 5 aromatic carbocycles. The average molecular weight is 736 g/mol. The Labute approximate surface area is 299 Å². The van der Waals surface area contributed by atoms with Gasteiger partial charge in [0, 0.05) is 0 Å². The number of benzene rings is 5. The number of halogens is 1. The van der Waals surface area contributed by atoms with Gasteiger partial charge in [0.25, 0.3) is 5.91 Å². The molecule has 1 heterocycles. The first kappa shape index (κ1) is 33.9. The molecule has 1 saturated heterocycles. The second-order valence-corrected chi connectivity index (χ2v) is 12.7. The highest BCUT2D eigenvalue weighted by atomic mass is 79.9. The molecule has 0 radical (unpaired) electrons.